The lowest BCUT2D eigenvalue weighted by Gasteiger charge is -2.30. The molecular weight excluding hydrogens is 336 g/mol. The van der Waals surface area contributed by atoms with Crippen LogP contribution in [0.1, 0.15) is 57.1 Å². The number of carbonyl (C=O) groups is 1. The molecule has 27 heavy (non-hydrogen) atoms. The normalized spacial score (nSPS) is 25.0. The number of nitrogens with zero attached hydrogens (tertiary/aromatic N) is 3. The zero-order valence-electron chi connectivity index (χ0n) is 16.7. The SMILES string of the molecule is CNc1nc2ccc(CN3CCC(C=O)CC3)cc2n1C1CCC(C)CC1. The van der Waals surface area contributed by atoms with E-state index in [0.29, 0.717) is 6.04 Å². The standard InChI is InChI=1S/C22H32N4O/c1-16-3-6-19(7-4-16)26-21-13-18(5-8-20(21)24-22(26)23-2)14-25-11-9-17(15-27)10-12-25/h5,8,13,15-17,19H,3-4,6-7,9-12,14H2,1-2H3,(H,23,24). The molecule has 0 radical (unpaired) electrons. The van der Waals surface area contributed by atoms with Gasteiger partial charge in [-0.05, 0) is 75.2 Å². The van der Waals surface area contributed by atoms with Crippen molar-refractivity contribution in [3.8, 4) is 0 Å². The number of imidazole rings is 1. The molecule has 2 aromatic rings. The quantitative estimate of drug-likeness (QED) is 0.802. The van der Waals surface area contributed by atoms with Gasteiger partial charge >= 0.3 is 0 Å². The van der Waals surface area contributed by atoms with Gasteiger partial charge in [0, 0.05) is 25.6 Å². The van der Waals surface area contributed by atoms with Crippen LogP contribution in [0.4, 0.5) is 5.95 Å². The number of aldehydes is 1. The summed E-state index contributed by atoms with van der Waals surface area (Å²) in [6.07, 6.45) is 8.21. The fourth-order valence-electron chi connectivity index (χ4n) is 4.79. The van der Waals surface area contributed by atoms with Gasteiger partial charge in [0.25, 0.3) is 0 Å². The molecule has 1 aromatic heterocycles. The molecule has 146 valence electrons. The van der Waals surface area contributed by atoms with Gasteiger partial charge < -0.3 is 14.7 Å². The predicted octanol–water partition coefficient (Wildman–Crippen LogP) is 4.24. The molecule has 0 atom stereocenters. The minimum Gasteiger partial charge on any atom is -0.359 e. The molecule has 1 saturated carbocycles. The molecule has 0 bridgehead atoms. The molecule has 2 heterocycles. The monoisotopic (exact) mass is 368 g/mol. The Morgan fingerprint density at radius 1 is 1.15 bits per heavy atom. The fourth-order valence-corrected chi connectivity index (χ4v) is 4.79. The Morgan fingerprint density at radius 3 is 2.56 bits per heavy atom. The Bertz CT molecular complexity index is 783. The summed E-state index contributed by atoms with van der Waals surface area (Å²) in [6.45, 7) is 5.36. The molecule has 4 rings (SSSR count). The van der Waals surface area contributed by atoms with Crippen molar-refractivity contribution in [2.24, 2.45) is 11.8 Å². The van der Waals surface area contributed by atoms with Crippen LogP contribution in [0.5, 0.6) is 0 Å². The molecule has 5 heteroatoms. The lowest BCUT2D eigenvalue weighted by atomic mass is 9.87. The van der Waals surface area contributed by atoms with Gasteiger partial charge in [0.15, 0.2) is 0 Å². The largest absolute Gasteiger partial charge is 0.359 e. The summed E-state index contributed by atoms with van der Waals surface area (Å²) in [5, 5.41) is 3.31. The number of piperidine rings is 1. The van der Waals surface area contributed by atoms with E-state index in [1.54, 1.807) is 0 Å². The van der Waals surface area contributed by atoms with Crippen LogP contribution >= 0.6 is 0 Å². The Hall–Kier alpha value is -1.88. The Labute approximate surface area is 162 Å². The van der Waals surface area contributed by atoms with Crippen molar-refractivity contribution < 1.29 is 4.79 Å². The summed E-state index contributed by atoms with van der Waals surface area (Å²) in [5.74, 6) is 2.10. The van der Waals surface area contributed by atoms with Crippen molar-refractivity contribution in [1.29, 1.82) is 0 Å². The first-order chi connectivity index (χ1) is 13.2. The highest BCUT2D eigenvalue weighted by atomic mass is 16.1. The molecular formula is C22H32N4O. The van der Waals surface area contributed by atoms with Crippen LogP contribution in [0.3, 0.4) is 0 Å². The highest BCUT2D eigenvalue weighted by Crippen LogP contribution is 2.36. The molecule has 2 aliphatic rings. The van der Waals surface area contributed by atoms with Gasteiger partial charge in [-0.25, -0.2) is 4.98 Å². The number of hydrogen-bond acceptors (Lipinski definition) is 4. The highest BCUT2D eigenvalue weighted by molar-refractivity contribution is 5.79. The summed E-state index contributed by atoms with van der Waals surface area (Å²) in [5.41, 5.74) is 3.69. The second-order valence-corrected chi connectivity index (χ2v) is 8.54. The van der Waals surface area contributed by atoms with Crippen LogP contribution in [0, 0.1) is 11.8 Å². The number of carbonyl (C=O) groups excluding carboxylic acids is 1. The van der Waals surface area contributed by atoms with E-state index in [9.17, 15) is 4.79 Å². The van der Waals surface area contributed by atoms with Crippen LogP contribution in [-0.2, 0) is 11.3 Å². The predicted molar refractivity (Wildman–Crippen MR) is 110 cm³/mol. The molecule has 1 aliphatic carbocycles. The van der Waals surface area contributed by atoms with E-state index in [1.165, 1.54) is 36.8 Å². The van der Waals surface area contributed by atoms with Gasteiger partial charge in [0.2, 0.25) is 5.95 Å². The molecule has 1 saturated heterocycles. The number of rotatable bonds is 5. The van der Waals surface area contributed by atoms with Crippen LogP contribution in [0.15, 0.2) is 18.2 Å². The molecule has 5 nitrogen and oxygen atoms in total. The maximum absolute atomic E-state index is 11.0. The topological polar surface area (TPSA) is 50.2 Å². The Morgan fingerprint density at radius 2 is 1.89 bits per heavy atom. The van der Waals surface area contributed by atoms with Crippen molar-refractivity contribution in [3.63, 3.8) is 0 Å². The second-order valence-electron chi connectivity index (χ2n) is 8.54. The molecule has 1 N–H and O–H groups in total. The van der Waals surface area contributed by atoms with Crippen LogP contribution in [-0.4, -0.2) is 40.9 Å². The number of likely N-dealkylation sites (tertiary alicyclic amines) is 1. The summed E-state index contributed by atoms with van der Waals surface area (Å²) >= 11 is 0. The minimum absolute atomic E-state index is 0.261. The van der Waals surface area contributed by atoms with Gasteiger partial charge in [-0.2, -0.15) is 0 Å². The summed E-state index contributed by atoms with van der Waals surface area (Å²) < 4.78 is 2.45. The van der Waals surface area contributed by atoms with Gasteiger partial charge in [-0.1, -0.05) is 13.0 Å². The van der Waals surface area contributed by atoms with Crippen molar-refractivity contribution in [2.75, 3.05) is 25.5 Å². The number of nitrogens with one attached hydrogen (secondary N) is 1. The van der Waals surface area contributed by atoms with E-state index in [1.807, 2.05) is 7.05 Å². The van der Waals surface area contributed by atoms with Crippen molar-refractivity contribution in [3.05, 3.63) is 23.8 Å². The maximum Gasteiger partial charge on any atom is 0.203 e. The smallest absolute Gasteiger partial charge is 0.203 e. The first kappa shape index (κ1) is 18.5. The Balaban J connectivity index is 1.57. The van der Waals surface area contributed by atoms with E-state index < -0.39 is 0 Å². The van der Waals surface area contributed by atoms with Gasteiger partial charge in [0.1, 0.15) is 6.29 Å². The summed E-state index contributed by atoms with van der Waals surface area (Å²) in [4.78, 5) is 18.3. The van der Waals surface area contributed by atoms with Gasteiger partial charge in [0.05, 0.1) is 11.0 Å². The second kappa shape index (κ2) is 8.01. The highest BCUT2D eigenvalue weighted by Gasteiger charge is 2.24. The van der Waals surface area contributed by atoms with Gasteiger partial charge in [-0.3, -0.25) is 4.90 Å². The number of anilines is 1. The zero-order chi connectivity index (χ0) is 18.8. The Kier molecular flexibility index (Phi) is 5.48. The average molecular weight is 369 g/mol. The third-order valence-corrected chi connectivity index (χ3v) is 6.56. The summed E-state index contributed by atoms with van der Waals surface area (Å²) in [7, 11) is 1.97. The van der Waals surface area contributed by atoms with Crippen molar-refractivity contribution in [2.45, 2.75) is 58.0 Å². The molecule has 0 amide bonds. The van der Waals surface area contributed by atoms with E-state index in [0.717, 1.165) is 56.1 Å². The van der Waals surface area contributed by atoms with Crippen molar-refractivity contribution in [1.82, 2.24) is 14.5 Å². The lowest BCUT2D eigenvalue weighted by molar-refractivity contribution is -0.112. The molecule has 2 fully saturated rings. The number of hydrogen-bond donors (Lipinski definition) is 1. The van der Waals surface area contributed by atoms with Crippen LogP contribution in [0.25, 0.3) is 11.0 Å². The maximum atomic E-state index is 11.0. The zero-order valence-corrected chi connectivity index (χ0v) is 16.7. The van der Waals surface area contributed by atoms with E-state index in [2.05, 4.69) is 39.9 Å². The fraction of sp³-hybridized carbons (Fsp3) is 0.636. The first-order valence-electron chi connectivity index (χ1n) is 10.5. The third kappa shape index (κ3) is 3.88. The van der Waals surface area contributed by atoms with Gasteiger partial charge in [-0.15, -0.1) is 0 Å². The van der Waals surface area contributed by atoms with Crippen LogP contribution < -0.4 is 5.32 Å². The average Bonchev–Trinajstić information content (AvgIpc) is 3.07. The van der Waals surface area contributed by atoms with E-state index in [4.69, 9.17) is 4.98 Å². The van der Waals surface area contributed by atoms with Crippen LogP contribution in [0.2, 0.25) is 0 Å². The molecule has 0 spiro atoms. The number of aromatic nitrogens is 2. The minimum atomic E-state index is 0.261. The molecule has 0 unspecified atom stereocenters. The third-order valence-electron chi connectivity index (χ3n) is 6.56. The number of benzene rings is 1. The lowest BCUT2D eigenvalue weighted by Crippen LogP contribution is -2.33. The van der Waals surface area contributed by atoms with E-state index in [-0.39, 0.29) is 5.92 Å². The summed E-state index contributed by atoms with van der Waals surface area (Å²) in [6, 6.07) is 7.28. The number of fused-ring (bicyclic) bond motifs is 1. The van der Waals surface area contributed by atoms with Crippen molar-refractivity contribution >= 4 is 23.3 Å². The van der Waals surface area contributed by atoms with E-state index >= 15 is 0 Å². The molecule has 1 aliphatic heterocycles. The first-order valence-corrected chi connectivity index (χ1v) is 10.5. The molecule has 1 aromatic carbocycles.